The van der Waals surface area contributed by atoms with Gasteiger partial charge < -0.3 is 25.6 Å². The van der Waals surface area contributed by atoms with Crippen LogP contribution in [0.2, 0.25) is 5.02 Å². The lowest BCUT2D eigenvalue weighted by atomic mass is 10.2. The number of para-hydroxylation sites is 1. The summed E-state index contributed by atoms with van der Waals surface area (Å²) in [6.45, 7) is 4.35. The molecule has 3 aromatic rings. The third-order valence-electron chi connectivity index (χ3n) is 6.12. The molecule has 1 aromatic heterocycles. The van der Waals surface area contributed by atoms with E-state index in [9.17, 15) is 8.42 Å². The third-order valence-corrected chi connectivity index (χ3v) is 8.27. The van der Waals surface area contributed by atoms with Gasteiger partial charge in [0.05, 0.1) is 24.2 Å². The second-order valence-corrected chi connectivity index (χ2v) is 11.3. The maximum absolute atomic E-state index is 12.8. The van der Waals surface area contributed by atoms with E-state index in [1.54, 1.807) is 18.2 Å². The molecule has 1 aliphatic heterocycles. The standard InChI is InChI=1S/C25H32ClN7O3S/c1-5-36-22-14-18(33-13-12-17(16-33)27-2)10-11-20(22)30-25-28-15-19(26)24(31-25)29-21-8-6-7-9-23(21)37(34,35)32(3)4/h6-11,14-15,17,27H,5,12-13,16H2,1-4H3,(H2,28,29,30,31). The summed E-state index contributed by atoms with van der Waals surface area (Å²) in [7, 11) is 1.27. The van der Waals surface area contributed by atoms with Crippen molar-refractivity contribution in [3.05, 3.63) is 53.7 Å². The van der Waals surface area contributed by atoms with Crippen molar-refractivity contribution < 1.29 is 13.2 Å². The number of likely N-dealkylation sites (N-methyl/N-ethyl adjacent to an activating group) is 1. The van der Waals surface area contributed by atoms with Gasteiger partial charge in [0.15, 0.2) is 5.82 Å². The summed E-state index contributed by atoms with van der Waals surface area (Å²) in [6, 6.07) is 13.1. The minimum atomic E-state index is -3.68. The van der Waals surface area contributed by atoms with E-state index in [1.165, 1.54) is 26.4 Å². The Balaban J connectivity index is 1.60. The Morgan fingerprint density at radius 2 is 1.95 bits per heavy atom. The van der Waals surface area contributed by atoms with Crippen molar-refractivity contribution >= 4 is 50.5 Å². The number of rotatable bonds is 10. The molecule has 0 bridgehead atoms. The molecule has 1 aliphatic rings. The van der Waals surface area contributed by atoms with Gasteiger partial charge in [-0.05, 0) is 44.7 Å². The second-order valence-electron chi connectivity index (χ2n) is 8.76. The summed E-state index contributed by atoms with van der Waals surface area (Å²) >= 11 is 6.37. The summed E-state index contributed by atoms with van der Waals surface area (Å²) in [5.41, 5.74) is 2.15. The molecule has 1 atom stereocenters. The number of ether oxygens (including phenoxy) is 1. The Morgan fingerprint density at radius 1 is 1.16 bits per heavy atom. The highest BCUT2D eigenvalue weighted by atomic mass is 35.5. The van der Waals surface area contributed by atoms with Crippen molar-refractivity contribution in [3.63, 3.8) is 0 Å². The largest absolute Gasteiger partial charge is 0.492 e. The lowest BCUT2D eigenvalue weighted by Gasteiger charge is -2.21. The molecule has 1 saturated heterocycles. The van der Waals surface area contributed by atoms with E-state index in [0.29, 0.717) is 29.8 Å². The molecule has 0 spiro atoms. The van der Waals surface area contributed by atoms with Crippen LogP contribution in [0.5, 0.6) is 5.75 Å². The fourth-order valence-electron chi connectivity index (χ4n) is 4.07. The van der Waals surface area contributed by atoms with E-state index in [1.807, 2.05) is 32.2 Å². The molecule has 2 heterocycles. The predicted octanol–water partition coefficient (Wildman–Crippen LogP) is 4.06. The third kappa shape index (κ3) is 6.07. The maximum atomic E-state index is 12.8. The monoisotopic (exact) mass is 545 g/mol. The van der Waals surface area contributed by atoms with Crippen LogP contribution in [-0.2, 0) is 10.0 Å². The smallest absolute Gasteiger partial charge is 0.244 e. The van der Waals surface area contributed by atoms with E-state index in [-0.39, 0.29) is 21.7 Å². The Hall–Kier alpha value is -3.12. The molecule has 2 aromatic carbocycles. The molecule has 10 nitrogen and oxygen atoms in total. The van der Waals surface area contributed by atoms with Gasteiger partial charge >= 0.3 is 0 Å². The SMILES string of the molecule is CCOc1cc(N2CCC(NC)C2)ccc1Nc1ncc(Cl)c(Nc2ccccc2S(=O)(=O)N(C)C)n1. The lowest BCUT2D eigenvalue weighted by Crippen LogP contribution is -2.29. The van der Waals surface area contributed by atoms with Crippen LogP contribution in [0.1, 0.15) is 13.3 Å². The molecule has 0 aliphatic carbocycles. The molecule has 0 amide bonds. The van der Waals surface area contributed by atoms with E-state index in [2.05, 4.69) is 30.8 Å². The average molecular weight is 546 g/mol. The number of anilines is 5. The van der Waals surface area contributed by atoms with Crippen LogP contribution in [0, 0.1) is 0 Å². The minimum absolute atomic E-state index is 0.112. The van der Waals surface area contributed by atoms with Gasteiger partial charge in [-0.1, -0.05) is 23.7 Å². The van der Waals surface area contributed by atoms with Gasteiger partial charge in [0.25, 0.3) is 0 Å². The molecule has 37 heavy (non-hydrogen) atoms. The number of nitrogens with one attached hydrogen (secondary N) is 3. The zero-order chi connectivity index (χ0) is 26.6. The van der Waals surface area contributed by atoms with Crippen LogP contribution in [-0.4, -0.2) is 69.6 Å². The van der Waals surface area contributed by atoms with Crippen molar-refractivity contribution in [1.82, 2.24) is 19.6 Å². The highest BCUT2D eigenvalue weighted by Crippen LogP contribution is 2.34. The van der Waals surface area contributed by atoms with Crippen molar-refractivity contribution in [2.24, 2.45) is 0 Å². The summed E-state index contributed by atoms with van der Waals surface area (Å²) in [5, 5.41) is 9.84. The van der Waals surface area contributed by atoms with Crippen LogP contribution in [0.3, 0.4) is 0 Å². The van der Waals surface area contributed by atoms with Gasteiger partial charge in [-0.15, -0.1) is 0 Å². The van der Waals surface area contributed by atoms with Gasteiger partial charge in [-0.3, -0.25) is 0 Å². The summed E-state index contributed by atoms with van der Waals surface area (Å²) in [5.74, 6) is 1.23. The zero-order valence-electron chi connectivity index (χ0n) is 21.3. The van der Waals surface area contributed by atoms with E-state index in [4.69, 9.17) is 16.3 Å². The van der Waals surface area contributed by atoms with Crippen LogP contribution in [0.25, 0.3) is 0 Å². The first-order chi connectivity index (χ1) is 17.7. The lowest BCUT2D eigenvalue weighted by molar-refractivity contribution is 0.342. The topological polar surface area (TPSA) is 112 Å². The quantitative estimate of drug-likeness (QED) is 0.347. The summed E-state index contributed by atoms with van der Waals surface area (Å²) < 4.78 is 32.6. The maximum Gasteiger partial charge on any atom is 0.244 e. The molecule has 12 heteroatoms. The molecule has 1 unspecified atom stereocenters. The molecular weight excluding hydrogens is 514 g/mol. The summed E-state index contributed by atoms with van der Waals surface area (Å²) in [4.78, 5) is 11.2. The minimum Gasteiger partial charge on any atom is -0.492 e. The Labute approximate surface area is 223 Å². The van der Waals surface area contributed by atoms with Gasteiger partial charge in [0.1, 0.15) is 15.7 Å². The fraction of sp³-hybridized carbons (Fsp3) is 0.360. The molecule has 0 radical (unpaired) electrons. The molecular formula is C25H32ClN7O3S. The number of benzene rings is 2. The van der Waals surface area contributed by atoms with Crippen LogP contribution in [0.15, 0.2) is 53.6 Å². The second kappa shape index (κ2) is 11.5. The Kier molecular flexibility index (Phi) is 8.38. The van der Waals surface area contributed by atoms with Crippen molar-refractivity contribution in [1.29, 1.82) is 0 Å². The number of aromatic nitrogens is 2. The first-order valence-electron chi connectivity index (χ1n) is 12.0. The zero-order valence-corrected chi connectivity index (χ0v) is 22.9. The molecule has 198 valence electrons. The first kappa shape index (κ1) is 26.9. The number of hydrogen-bond acceptors (Lipinski definition) is 9. The molecule has 4 rings (SSSR count). The highest BCUT2D eigenvalue weighted by molar-refractivity contribution is 7.89. The van der Waals surface area contributed by atoms with E-state index in [0.717, 1.165) is 29.5 Å². The molecule has 0 saturated carbocycles. The number of halogens is 1. The van der Waals surface area contributed by atoms with Crippen LogP contribution < -0.4 is 25.6 Å². The first-order valence-corrected chi connectivity index (χ1v) is 13.8. The molecule has 3 N–H and O–H groups in total. The predicted molar refractivity (Wildman–Crippen MR) is 148 cm³/mol. The van der Waals surface area contributed by atoms with Gasteiger partial charge in [0, 0.05) is 45.0 Å². The van der Waals surface area contributed by atoms with Crippen molar-refractivity contribution in [2.75, 3.05) is 56.4 Å². The van der Waals surface area contributed by atoms with Crippen LogP contribution >= 0.6 is 11.6 Å². The molecule has 1 fully saturated rings. The van der Waals surface area contributed by atoms with Crippen LogP contribution in [0.4, 0.5) is 28.8 Å². The average Bonchev–Trinajstić information content (AvgIpc) is 3.37. The number of hydrogen-bond donors (Lipinski definition) is 3. The van der Waals surface area contributed by atoms with Crippen molar-refractivity contribution in [2.45, 2.75) is 24.3 Å². The summed E-state index contributed by atoms with van der Waals surface area (Å²) in [6.07, 6.45) is 2.55. The normalized spacial score (nSPS) is 15.7. The highest BCUT2D eigenvalue weighted by Gasteiger charge is 2.23. The van der Waals surface area contributed by atoms with Crippen molar-refractivity contribution in [3.8, 4) is 5.75 Å². The number of sulfonamides is 1. The Morgan fingerprint density at radius 3 is 2.65 bits per heavy atom. The van der Waals surface area contributed by atoms with E-state index >= 15 is 0 Å². The van der Waals surface area contributed by atoms with Gasteiger partial charge in [0.2, 0.25) is 16.0 Å². The number of nitrogens with zero attached hydrogens (tertiary/aromatic N) is 4. The van der Waals surface area contributed by atoms with Gasteiger partial charge in [-0.2, -0.15) is 4.98 Å². The fourth-order valence-corrected chi connectivity index (χ4v) is 5.25. The van der Waals surface area contributed by atoms with E-state index < -0.39 is 10.0 Å². The van der Waals surface area contributed by atoms with Gasteiger partial charge in [-0.25, -0.2) is 17.7 Å². The Bertz CT molecular complexity index is 1350.